The Morgan fingerprint density at radius 1 is 1.19 bits per heavy atom. The summed E-state index contributed by atoms with van der Waals surface area (Å²) in [7, 11) is 0. The smallest absolute Gasteiger partial charge is 0.404 e. The number of nitrogens with two attached hydrogens (primary N) is 1. The van der Waals surface area contributed by atoms with Gasteiger partial charge in [-0.15, -0.1) is 0 Å². The van der Waals surface area contributed by atoms with Crippen LogP contribution in [-0.2, 0) is 0 Å². The van der Waals surface area contributed by atoms with Crippen LogP contribution in [-0.4, -0.2) is 39.9 Å². The number of carboxylic acid groups (broad SMARTS) is 1. The van der Waals surface area contributed by atoms with Crippen molar-refractivity contribution in [3.8, 4) is 11.1 Å². The van der Waals surface area contributed by atoms with Crippen LogP contribution in [0.5, 0.6) is 0 Å². The summed E-state index contributed by atoms with van der Waals surface area (Å²) in [6.07, 6.45) is 1.15. The molecule has 1 aliphatic carbocycles. The lowest BCUT2D eigenvalue weighted by Crippen LogP contribution is -2.36. The Morgan fingerprint density at radius 3 is 2.69 bits per heavy atom. The first-order valence-corrected chi connectivity index (χ1v) is 11.7. The minimum absolute atomic E-state index is 0.0116. The fourth-order valence-electron chi connectivity index (χ4n) is 5.15. The number of benzene rings is 2. The van der Waals surface area contributed by atoms with Crippen LogP contribution in [0, 0.1) is 18.6 Å². The van der Waals surface area contributed by atoms with Crippen molar-refractivity contribution in [3.63, 3.8) is 0 Å². The van der Waals surface area contributed by atoms with Crippen molar-refractivity contribution in [2.24, 2.45) is 0 Å². The molecule has 11 heteroatoms. The zero-order valence-electron chi connectivity index (χ0n) is 19.3. The minimum atomic E-state index is -1.10. The summed E-state index contributed by atoms with van der Waals surface area (Å²) in [5.74, 6) is -1.37. The Morgan fingerprint density at radius 2 is 1.97 bits per heavy atom. The number of rotatable bonds is 4. The van der Waals surface area contributed by atoms with Gasteiger partial charge in [-0.1, -0.05) is 6.07 Å². The van der Waals surface area contributed by atoms with E-state index < -0.39 is 17.7 Å². The summed E-state index contributed by atoms with van der Waals surface area (Å²) in [5, 5.41) is 12.1. The van der Waals surface area contributed by atoms with Gasteiger partial charge in [-0.25, -0.2) is 13.6 Å². The van der Waals surface area contributed by atoms with Crippen LogP contribution in [0.4, 0.5) is 25.3 Å². The number of pyridine rings is 1. The molecule has 0 radical (unpaired) electrons. The number of fused-ring (bicyclic) bond motifs is 3. The molecule has 1 amide bonds. The highest BCUT2D eigenvalue weighted by atomic mass is 19.1. The molecule has 2 aromatic carbocycles. The fourth-order valence-corrected chi connectivity index (χ4v) is 5.15. The van der Waals surface area contributed by atoms with Gasteiger partial charge in [-0.05, 0) is 49.4 Å². The maximum absolute atomic E-state index is 14.8. The molecule has 4 aromatic rings. The average Bonchev–Trinajstić information content (AvgIpc) is 3.37. The molecule has 0 spiro atoms. The minimum Gasteiger partial charge on any atom is -0.465 e. The summed E-state index contributed by atoms with van der Waals surface area (Å²) in [6.45, 7) is 2.67. The molecule has 3 heterocycles. The first-order valence-electron chi connectivity index (χ1n) is 11.7. The van der Waals surface area contributed by atoms with Gasteiger partial charge in [-0.2, -0.15) is 4.98 Å². The van der Waals surface area contributed by atoms with E-state index >= 15 is 0 Å². The number of nitrogens with one attached hydrogen (secondary N) is 1. The van der Waals surface area contributed by atoms with Gasteiger partial charge in [-0.3, -0.25) is 4.79 Å². The largest absolute Gasteiger partial charge is 0.465 e. The Balaban J connectivity index is 1.54. The molecular weight excluding hydrogens is 472 g/mol. The van der Waals surface area contributed by atoms with Gasteiger partial charge in [0.15, 0.2) is 11.1 Å². The SMILES string of the molecule is Cc1c(-c2cc(F)c(N)cc2F)ccc2c3oc(N4CC[C@@H](NC(=O)O)C4)nc3c(=O)n(C3CC3)c12. The Kier molecular flexibility index (Phi) is 4.92. The van der Waals surface area contributed by atoms with Crippen LogP contribution in [0.1, 0.15) is 30.9 Å². The van der Waals surface area contributed by atoms with Crippen molar-refractivity contribution in [2.75, 3.05) is 23.7 Å². The molecule has 2 aromatic heterocycles. The van der Waals surface area contributed by atoms with E-state index in [0.29, 0.717) is 47.1 Å². The van der Waals surface area contributed by atoms with Crippen LogP contribution in [0.25, 0.3) is 33.1 Å². The first-order chi connectivity index (χ1) is 17.2. The van der Waals surface area contributed by atoms with E-state index in [1.54, 1.807) is 28.5 Å². The van der Waals surface area contributed by atoms with Gasteiger partial charge in [0.1, 0.15) is 11.6 Å². The highest BCUT2D eigenvalue weighted by Crippen LogP contribution is 2.41. The second kappa shape index (κ2) is 7.94. The number of anilines is 2. The summed E-state index contributed by atoms with van der Waals surface area (Å²) < 4.78 is 36.8. The van der Waals surface area contributed by atoms with Gasteiger partial charge in [0.2, 0.25) is 0 Å². The highest BCUT2D eigenvalue weighted by Gasteiger charge is 2.32. The fraction of sp³-hybridized carbons (Fsp3) is 0.320. The molecule has 186 valence electrons. The topological polar surface area (TPSA) is 127 Å². The van der Waals surface area contributed by atoms with Crippen LogP contribution >= 0.6 is 0 Å². The molecule has 1 saturated carbocycles. The molecule has 36 heavy (non-hydrogen) atoms. The Hall–Kier alpha value is -4.15. The number of aromatic nitrogens is 2. The van der Waals surface area contributed by atoms with E-state index in [1.807, 2.05) is 0 Å². The van der Waals surface area contributed by atoms with E-state index in [9.17, 15) is 18.4 Å². The summed E-state index contributed by atoms with van der Waals surface area (Å²) >= 11 is 0. The van der Waals surface area contributed by atoms with E-state index in [-0.39, 0.29) is 40.4 Å². The summed E-state index contributed by atoms with van der Waals surface area (Å²) in [4.78, 5) is 30.9. The second-order valence-corrected chi connectivity index (χ2v) is 9.45. The number of oxazole rings is 1. The number of aryl methyl sites for hydroxylation is 1. The van der Waals surface area contributed by atoms with Gasteiger partial charge in [0, 0.05) is 36.1 Å². The van der Waals surface area contributed by atoms with Crippen LogP contribution in [0.15, 0.2) is 33.5 Å². The highest BCUT2D eigenvalue weighted by molar-refractivity contribution is 6.04. The van der Waals surface area contributed by atoms with Gasteiger partial charge in [0.25, 0.3) is 11.6 Å². The predicted molar refractivity (Wildman–Crippen MR) is 130 cm³/mol. The van der Waals surface area contributed by atoms with Gasteiger partial charge in [0.05, 0.1) is 17.2 Å². The summed E-state index contributed by atoms with van der Waals surface area (Å²) in [5.41, 5.74) is 7.17. The van der Waals surface area contributed by atoms with E-state index in [1.165, 1.54) is 0 Å². The number of amides is 1. The molecular formula is C25H23F2N5O4. The molecule has 0 bridgehead atoms. The van der Waals surface area contributed by atoms with Crippen molar-refractivity contribution in [1.29, 1.82) is 0 Å². The number of hydrogen-bond acceptors (Lipinski definition) is 6. The van der Waals surface area contributed by atoms with Crippen LogP contribution < -0.4 is 21.5 Å². The summed E-state index contributed by atoms with van der Waals surface area (Å²) in [6, 6.07) is 5.41. The normalized spacial score (nSPS) is 17.9. The van der Waals surface area contributed by atoms with Crippen molar-refractivity contribution in [2.45, 2.75) is 38.3 Å². The monoisotopic (exact) mass is 495 g/mol. The first kappa shape index (κ1) is 22.3. The lowest BCUT2D eigenvalue weighted by Gasteiger charge is -2.16. The average molecular weight is 495 g/mol. The second-order valence-electron chi connectivity index (χ2n) is 9.45. The third-order valence-corrected chi connectivity index (χ3v) is 7.03. The molecule has 1 saturated heterocycles. The predicted octanol–water partition coefficient (Wildman–Crippen LogP) is 4.16. The van der Waals surface area contributed by atoms with Crippen molar-refractivity contribution in [3.05, 3.63) is 51.8 Å². The molecule has 1 atom stereocenters. The zero-order valence-corrected chi connectivity index (χ0v) is 19.3. The maximum atomic E-state index is 14.8. The third kappa shape index (κ3) is 3.45. The number of nitrogens with zero attached hydrogens (tertiary/aromatic N) is 3. The number of nitrogen functional groups attached to an aromatic ring is 1. The lowest BCUT2D eigenvalue weighted by molar-refractivity contribution is 0.191. The van der Waals surface area contributed by atoms with E-state index in [0.717, 1.165) is 25.0 Å². The Bertz CT molecular complexity index is 1630. The molecule has 4 N–H and O–H groups in total. The van der Waals surface area contributed by atoms with Crippen molar-refractivity contribution < 1.29 is 23.1 Å². The van der Waals surface area contributed by atoms with Crippen LogP contribution in [0.3, 0.4) is 0 Å². The molecule has 0 unspecified atom stereocenters. The van der Waals surface area contributed by atoms with Crippen molar-refractivity contribution >= 4 is 39.8 Å². The lowest BCUT2D eigenvalue weighted by atomic mass is 9.96. The number of halogens is 2. The number of carbonyl (C=O) groups is 1. The standard InChI is InChI=1S/C25H23F2N5O4/c1-11-14(16-8-18(27)19(28)9-17(16)26)4-5-15-21(11)32(13-2-3-13)23(33)20-22(15)36-24(30-20)31-7-6-12(10-31)29-25(34)35/h4-5,8-9,12-13,29H,2-3,6-7,10,28H2,1H3,(H,34,35)/t12-/m1/s1. The van der Waals surface area contributed by atoms with E-state index in [2.05, 4.69) is 10.3 Å². The number of hydrogen-bond donors (Lipinski definition) is 3. The molecule has 9 nitrogen and oxygen atoms in total. The molecule has 2 aliphatic rings. The third-order valence-electron chi connectivity index (χ3n) is 7.03. The maximum Gasteiger partial charge on any atom is 0.404 e. The van der Waals surface area contributed by atoms with Crippen molar-refractivity contribution in [1.82, 2.24) is 14.9 Å². The molecule has 6 rings (SSSR count). The van der Waals surface area contributed by atoms with Crippen LogP contribution in [0.2, 0.25) is 0 Å². The van der Waals surface area contributed by atoms with Gasteiger partial charge < -0.3 is 30.0 Å². The van der Waals surface area contributed by atoms with E-state index in [4.69, 9.17) is 15.3 Å². The molecule has 2 fully saturated rings. The molecule has 1 aliphatic heterocycles. The Labute approximate surface area is 203 Å². The zero-order chi connectivity index (χ0) is 25.3. The quantitative estimate of drug-likeness (QED) is 0.363. The van der Waals surface area contributed by atoms with Gasteiger partial charge >= 0.3 is 6.09 Å².